The number of hydrogen-bond donors (Lipinski definition) is 1. The standard InChI is InChI=1S/C24H30N4O3S/c1-15(2)11-21(29)27-10-9-19-20(14-27)32-24(25-19)26-23(31)18-12-22(30)28(13-18)16(3)17-7-5-4-6-8-17/h4-8,15-16,18H,9-14H2,1-3H3,(H,25,26,31). The average Bonchev–Trinajstić information content (AvgIpc) is 3.35. The number of carbonyl (C=O) groups is 3. The van der Waals surface area contributed by atoms with Crippen LogP contribution in [0.1, 0.15) is 55.8 Å². The quantitative estimate of drug-likeness (QED) is 0.723. The summed E-state index contributed by atoms with van der Waals surface area (Å²) < 4.78 is 0. The van der Waals surface area contributed by atoms with Crippen molar-refractivity contribution in [1.29, 1.82) is 0 Å². The summed E-state index contributed by atoms with van der Waals surface area (Å²) in [5.74, 6) is -0.0573. The lowest BCUT2D eigenvalue weighted by atomic mass is 10.1. The lowest BCUT2D eigenvalue weighted by Crippen LogP contribution is -2.36. The average molecular weight is 455 g/mol. The molecule has 0 spiro atoms. The van der Waals surface area contributed by atoms with Gasteiger partial charge in [0.25, 0.3) is 0 Å². The first-order valence-corrected chi connectivity index (χ1v) is 12.0. The lowest BCUT2D eigenvalue weighted by molar-refractivity contribution is -0.133. The summed E-state index contributed by atoms with van der Waals surface area (Å²) in [6.07, 6.45) is 1.47. The fourth-order valence-corrected chi connectivity index (χ4v) is 5.37. The summed E-state index contributed by atoms with van der Waals surface area (Å²) in [5.41, 5.74) is 2.02. The summed E-state index contributed by atoms with van der Waals surface area (Å²) in [4.78, 5) is 47.2. The number of fused-ring (bicyclic) bond motifs is 1. The Balaban J connectivity index is 1.37. The third-order valence-corrected chi connectivity index (χ3v) is 7.17. The van der Waals surface area contributed by atoms with Crippen LogP contribution in [0.25, 0.3) is 0 Å². The van der Waals surface area contributed by atoms with Gasteiger partial charge in [-0.1, -0.05) is 55.5 Å². The van der Waals surface area contributed by atoms with Crippen molar-refractivity contribution < 1.29 is 14.4 Å². The smallest absolute Gasteiger partial charge is 0.231 e. The molecule has 0 saturated carbocycles. The van der Waals surface area contributed by atoms with E-state index in [-0.39, 0.29) is 30.2 Å². The molecule has 3 amide bonds. The molecule has 2 aliphatic heterocycles. The van der Waals surface area contributed by atoms with Gasteiger partial charge in [-0.2, -0.15) is 0 Å². The molecular weight excluding hydrogens is 424 g/mol. The molecule has 2 aliphatic rings. The maximum atomic E-state index is 12.9. The fourth-order valence-electron chi connectivity index (χ4n) is 4.34. The molecule has 170 valence electrons. The molecule has 32 heavy (non-hydrogen) atoms. The monoisotopic (exact) mass is 454 g/mol. The van der Waals surface area contributed by atoms with E-state index < -0.39 is 5.92 Å². The molecule has 3 heterocycles. The summed E-state index contributed by atoms with van der Waals surface area (Å²) >= 11 is 1.43. The first-order valence-electron chi connectivity index (χ1n) is 11.2. The highest BCUT2D eigenvalue weighted by Crippen LogP contribution is 2.32. The van der Waals surface area contributed by atoms with Crippen LogP contribution < -0.4 is 5.32 Å². The first-order chi connectivity index (χ1) is 15.3. The Bertz CT molecular complexity index is 1000. The Morgan fingerprint density at radius 2 is 1.97 bits per heavy atom. The molecule has 2 aromatic rings. The van der Waals surface area contributed by atoms with Crippen molar-refractivity contribution in [1.82, 2.24) is 14.8 Å². The van der Waals surface area contributed by atoms with Gasteiger partial charge >= 0.3 is 0 Å². The SMILES string of the molecule is CC(C)CC(=O)N1CCc2nc(NC(=O)C3CC(=O)N(C(C)c4ccccc4)C3)sc2C1. The molecule has 2 atom stereocenters. The second-order valence-corrected chi connectivity index (χ2v) is 10.2. The van der Waals surface area contributed by atoms with E-state index in [0.29, 0.717) is 43.5 Å². The van der Waals surface area contributed by atoms with Crippen molar-refractivity contribution in [2.45, 2.75) is 52.6 Å². The van der Waals surface area contributed by atoms with E-state index in [1.54, 1.807) is 4.90 Å². The van der Waals surface area contributed by atoms with Crippen molar-refractivity contribution in [3.05, 3.63) is 46.5 Å². The van der Waals surface area contributed by atoms with E-state index in [9.17, 15) is 14.4 Å². The normalized spacial score (nSPS) is 19.2. The van der Waals surface area contributed by atoms with Crippen molar-refractivity contribution in [2.24, 2.45) is 11.8 Å². The Hall–Kier alpha value is -2.74. The van der Waals surface area contributed by atoms with Gasteiger partial charge in [-0.3, -0.25) is 14.4 Å². The number of thiazole rings is 1. The largest absolute Gasteiger partial charge is 0.337 e. The van der Waals surface area contributed by atoms with Crippen LogP contribution in [-0.4, -0.2) is 45.6 Å². The molecule has 1 N–H and O–H groups in total. The Labute approximate surface area is 192 Å². The first kappa shape index (κ1) is 22.5. The van der Waals surface area contributed by atoms with E-state index in [1.165, 1.54) is 11.3 Å². The molecule has 2 unspecified atom stereocenters. The van der Waals surface area contributed by atoms with Crippen LogP contribution in [0, 0.1) is 11.8 Å². The highest BCUT2D eigenvalue weighted by Gasteiger charge is 2.37. The van der Waals surface area contributed by atoms with Gasteiger partial charge in [-0.15, -0.1) is 0 Å². The number of rotatable bonds is 6. The molecule has 1 aromatic heterocycles. The van der Waals surface area contributed by atoms with Gasteiger partial charge < -0.3 is 15.1 Å². The minimum atomic E-state index is -0.390. The van der Waals surface area contributed by atoms with Gasteiger partial charge in [0.2, 0.25) is 17.7 Å². The number of benzene rings is 1. The summed E-state index contributed by atoms with van der Waals surface area (Å²) in [7, 11) is 0. The van der Waals surface area contributed by atoms with Crippen LogP contribution in [0.2, 0.25) is 0 Å². The number of aromatic nitrogens is 1. The zero-order valence-corrected chi connectivity index (χ0v) is 19.7. The van der Waals surface area contributed by atoms with Crippen LogP contribution in [0.3, 0.4) is 0 Å². The Morgan fingerprint density at radius 3 is 2.69 bits per heavy atom. The predicted octanol–water partition coefficient (Wildman–Crippen LogP) is 3.62. The lowest BCUT2D eigenvalue weighted by Gasteiger charge is -2.26. The van der Waals surface area contributed by atoms with Crippen molar-refractivity contribution in [3.8, 4) is 0 Å². The van der Waals surface area contributed by atoms with Crippen LogP contribution >= 0.6 is 11.3 Å². The Kier molecular flexibility index (Phi) is 6.60. The molecule has 7 nitrogen and oxygen atoms in total. The third-order valence-electron chi connectivity index (χ3n) is 6.18. The highest BCUT2D eigenvalue weighted by atomic mass is 32.1. The molecule has 1 saturated heterocycles. The van der Waals surface area contributed by atoms with Gasteiger partial charge in [-0.25, -0.2) is 4.98 Å². The van der Waals surface area contributed by atoms with E-state index >= 15 is 0 Å². The van der Waals surface area contributed by atoms with Gasteiger partial charge in [0.15, 0.2) is 5.13 Å². The molecule has 0 radical (unpaired) electrons. The second-order valence-electron chi connectivity index (χ2n) is 9.08. The maximum Gasteiger partial charge on any atom is 0.231 e. The van der Waals surface area contributed by atoms with E-state index in [1.807, 2.05) is 56.0 Å². The number of anilines is 1. The molecule has 4 rings (SSSR count). The van der Waals surface area contributed by atoms with Gasteiger partial charge in [0, 0.05) is 37.2 Å². The number of likely N-dealkylation sites (tertiary alicyclic amines) is 1. The molecular formula is C24H30N4O3S. The van der Waals surface area contributed by atoms with Crippen LogP contribution in [-0.2, 0) is 27.3 Å². The molecule has 0 aliphatic carbocycles. The van der Waals surface area contributed by atoms with Gasteiger partial charge in [0.1, 0.15) is 0 Å². The van der Waals surface area contributed by atoms with E-state index in [4.69, 9.17) is 0 Å². The fraction of sp³-hybridized carbons (Fsp3) is 0.500. The van der Waals surface area contributed by atoms with Crippen molar-refractivity contribution >= 4 is 34.2 Å². The summed E-state index contributed by atoms with van der Waals surface area (Å²) in [6, 6.07) is 9.80. The van der Waals surface area contributed by atoms with Crippen LogP contribution in [0.4, 0.5) is 5.13 Å². The molecule has 1 fully saturated rings. The van der Waals surface area contributed by atoms with E-state index in [0.717, 1.165) is 16.1 Å². The van der Waals surface area contributed by atoms with E-state index in [2.05, 4.69) is 10.3 Å². The molecule has 1 aromatic carbocycles. The zero-order chi connectivity index (χ0) is 22.8. The predicted molar refractivity (Wildman–Crippen MR) is 124 cm³/mol. The van der Waals surface area contributed by atoms with Gasteiger partial charge in [0.05, 0.1) is 24.2 Å². The highest BCUT2D eigenvalue weighted by molar-refractivity contribution is 7.15. The number of hydrogen-bond acceptors (Lipinski definition) is 5. The minimum Gasteiger partial charge on any atom is -0.337 e. The van der Waals surface area contributed by atoms with Crippen molar-refractivity contribution in [2.75, 3.05) is 18.4 Å². The maximum absolute atomic E-state index is 12.9. The van der Waals surface area contributed by atoms with Crippen molar-refractivity contribution in [3.63, 3.8) is 0 Å². The molecule has 0 bridgehead atoms. The zero-order valence-electron chi connectivity index (χ0n) is 18.8. The van der Waals surface area contributed by atoms with Crippen LogP contribution in [0.5, 0.6) is 0 Å². The molecule has 8 heteroatoms. The number of nitrogens with zero attached hydrogens (tertiary/aromatic N) is 3. The number of nitrogens with one attached hydrogen (secondary N) is 1. The summed E-state index contributed by atoms with van der Waals surface area (Å²) in [6.45, 7) is 7.71. The number of amides is 3. The summed E-state index contributed by atoms with van der Waals surface area (Å²) in [5, 5.41) is 3.48. The Morgan fingerprint density at radius 1 is 1.22 bits per heavy atom. The van der Waals surface area contributed by atoms with Crippen LogP contribution in [0.15, 0.2) is 30.3 Å². The minimum absolute atomic E-state index is 0.000701. The number of carbonyl (C=O) groups excluding carboxylic acids is 3. The topological polar surface area (TPSA) is 82.6 Å². The third kappa shape index (κ3) is 4.85. The second kappa shape index (κ2) is 9.40. The van der Waals surface area contributed by atoms with Gasteiger partial charge in [-0.05, 0) is 18.4 Å².